The van der Waals surface area contributed by atoms with E-state index in [1.807, 2.05) is 0 Å². The predicted molar refractivity (Wildman–Crippen MR) is 102 cm³/mol. The second kappa shape index (κ2) is 7.07. The number of anilines is 1. The number of fused-ring (bicyclic) bond motifs is 1. The summed E-state index contributed by atoms with van der Waals surface area (Å²) in [6.07, 6.45) is -0.234. The minimum Gasteiger partial charge on any atom is -0.481 e. The Balaban J connectivity index is 1.85. The van der Waals surface area contributed by atoms with Crippen LogP contribution in [-0.4, -0.2) is 17.0 Å². The predicted octanol–water partition coefficient (Wildman–Crippen LogP) is 3.47. The van der Waals surface area contributed by atoms with Crippen LogP contribution in [-0.2, 0) is 15.0 Å². The minimum atomic E-state index is -1.36. The number of carbonyl (C=O) groups excluding carboxylic acids is 1. The number of aryl methyl sites for hydroxylation is 1. The van der Waals surface area contributed by atoms with Gasteiger partial charge in [0.05, 0.1) is 5.41 Å². The fourth-order valence-corrected chi connectivity index (χ4v) is 3.04. The molecule has 1 amide bonds. The first-order chi connectivity index (χ1) is 12.8. The van der Waals surface area contributed by atoms with Gasteiger partial charge in [-0.15, -0.1) is 0 Å². The monoisotopic (exact) mass is 365 g/mol. The highest BCUT2D eigenvalue weighted by Gasteiger charge is 2.37. The molecule has 1 heterocycles. The molecular formula is C21H19NO5. The van der Waals surface area contributed by atoms with Crippen molar-refractivity contribution in [2.24, 2.45) is 0 Å². The molecule has 0 aliphatic heterocycles. The zero-order chi connectivity index (χ0) is 19.6. The highest BCUT2D eigenvalue weighted by atomic mass is 16.4. The lowest BCUT2D eigenvalue weighted by Crippen LogP contribution is -2.36. The Kier molecular flexibility index (Phi) is 4.81. The summed E-state index contributed by atoms with van der Waals surface area (Å²) in [5.41, 5.74) is 0.301. The van der Waals surface area contributed by atoms with E-state index in [0.717, 1.165) is 10.9 Å². The van der Waals surface area contributed by atoms with E-state index in [4.69, 9.17) is 4.42 Å². The SMILES string of the molecule is Cc1cc(=O)oc2cc(NC(=O)C[C@](C)(C(=O)O)c3ccccc3)ccc12. The Bertz CT molecular complexity index is 1070. The third-order valence-electron chi connectivity index (χ3n) is 4.63. The van der Waals surface area contributed by atoms with Crippen molar-refractivity contribution < 1.29 is 19.1 Å². The number of nitrogens with one attached hydrogen (secondary N) is 1. The molecule has 1 atom stereocenters. The van der Waals surface area contributed by atoms with Crippen LogP contribution in [0, 0.1) is 6.92 Å². The molecule has 0 saturated carbocycles. The standard InChI is InChI=1S/C21H19NO5/c1-13-10-19(24)27-17-11-15(8-9-16(13)17)22-18(23)12-21(2,20(25)26)14-6-4-3-5-7-14/h3-11H,12H2,1-2H3,(H,22,23)(H,25,26)/t21-/m0/s1. The van der Waals surface area contributed by atoms with Crippen LogP contribution in [0.1, 0.15) is 24.5 Å². The van der Waals surface area contributed by atoms with Gasteiger partial charge in [-0.05, 0) is 37.1 Å². The Hall–Kier alpha value is -3.41. The van der Waals surface area contributed by atoms with Crippen molar-refractivity contribution >= 4 is 28.5 Å². The maximum atomic E-state index is 12.5. The number of carboxylic acid groups (broad SMARTS) is 1. The molecule has 3 aromatic rings. The van der Waals surface area contributed by atoms with Crippen LogP contribution >= 0.6 is 0 Å². The molecule has 0 unspecified atom stereocenters. The van der Waals surface area contributed by atoms with E-state index < -0.39 is 22.9 Å². The lowest BCUT2D eigenvalue weighted by Gasteiger charge is -2.24. The fraction of sp³-hybridized carbons (Fsp3) is 0.190. The van der Waals surface area contributed by atoms with Gasteiger partial charge in [0.1, 0.15) is 5.58 Å². The van der Waals surface area contributed by atoms with E-state index in [1.54, 1.807) is 55.5 Å². The van der Waals surface area contributed by atoms with Crippen molar-refractivity contribution in [3.05, 3.63) is 76.1 Å². The van der Waals surface area contributed by atoms with E-state index in [2.05, 4.69) is 5.32 Å². The van der Waals surface area contributed by atoms with Gasteiger partial charge >= 0.3 is 11.6 Å². The quantitative estimate of drug-likeness (QED) is 0.675. The molecule has 0 aliphatic rings. The molecule has 0 spiro atoms. The lowest BCUT2D eigenvalue weighted by molar-refractivity contribution is -0.145. The average Bonchev–Trinajstić information content (AvgIpc) is 2.61. The second-order valence-corrected chi connectivity index (χ2v) is 6.69. The lowest BCUT2D eigenvalue weighted by atomic mass is 9.79. The summed E-state index contributed by atoms with van der Waals surface area (Å²) in [4.78, 5) is 35.9. The van der Waals surface area contributed by atoms with Crippen molar-refractivity contribution in [1.82, 2.24) is 0 Å². The Morgan fingerprint density at radius 1 is 1.11 bits per heavy atom. The summed E-state index contributed by atoms with van der Waals surface area (Å²) in [6, 6.07) is 15.0. The number of benzene rings is 2. The number of rotatable bonds is 5. The molecule has 6 heteroatoms. The Morgan fingerprint density at radius 3 is 2.48 bits per heavy atom. The molecule has 27 heavy (non-hydrogen) atoms. The fourth-order valence-electron chi connectivity index (χ4n) is 3.04. The smallest absolute Gasteiger partial charge is 0.336 e. The van der Waals surface area contributed by atoms with E-state index in [1.165, 1.54) is 13.0 Å². The number of carboxylic acids is 1. The van der Waals surface area contributed by atoms with Crippen LogP contribution in [0.15, 0.2) is 63.8 Å². The summed E-state index contributed by atoms with van der Waals surface area (Å²) >= 11 is 0. The molecule has 6 nitrogen and oxygen atoms in total. The third-order valence-corrected chi connectivity index (χ3v) is 4.63. The molecular weight excluding hydrogens is 346 g/mol. The molecule has 0 aliphatic carbocycles. The normalized spacial score (nSPS) is 13.1. The Labute approximate surface area is 155 Å². The zero-order valence-corrected chi connectivity index (χ0v) is 15.0. The maximum absolute atomic E-state index is 12.5. The molecule has 2 aromatic carbocycles. The van der Waals surface area contributed by atoms with E-state index in [0.29, 0.717) is 16.8 Å². The summed E-state index contributed by atoms with van der Waals surface area (Å²) in [6.45, 7) is 3.32. The number of hydrogen-bond donors (Lipinski definition) is 2. The zero-order valence-electron chi connectivity index (χ0n) is 15.0. The van der Waals surface area contributed by atoms with Crippen molar-refractivity contribution in [1.29, 1.82) is 0 Å². The summed E-state index contributed by atoms with van der Waals surface area (Å²) in [5.74, 6) is -1.53. The molecule has 2 N–H and O–H groups in total. The number of amides is 1. The highest BCUT2D eigenvalue weighted by Crippen LogP contribution is 2.29. The third kappa shape index (κ3) is 3.74. The van der Waals surface area contributed by atoms with Gasteiger partial charge in [0.25, 0.3) is 0 Å². The van der Waals surface area contributed by atoms with Gasteiger partial charge in [-0.1, -0.05) is 30.3 Å². The summed E-state index contributed by atoms with van der Waals surface area (Å²) < 4.78 is 5.17. The van der Waals surface area contributed by atoms with Crippen molar-refractivity contribution in [2.45, 2.75) is 25.7 Å². The molecule has 0 bridgehead atoms. The molecule has 138 valence electrons. The number of aliphatic carboxylic acids is 1. The van der Waals surface area contributed by atoms with E-state index in [-0.39, 0.29) is 6.42 Å². The highest BCUT2D eigenvalue weighted by molar-refractivity contribution is 5.97. The van der Waals surface area contributed by atoms with Crippen LogP contribution in [0.4, 0.5) is 5.69 Å². The summed E-state index contributed by atoms with van der Waals surface area (Å²) in [7, 11) is 0. The van der Waals surface area contributed by atoms with Crippen LogP contribution < -0.4 is 10.9 Å². The van der Waals surface area contributed by atoms with Crippen LogP contribution in [0.3, 0.4) is 0 Å². The van der Waals surface area contributed by atoms with E-state index in [9.17, 15) is 19.5 Å². The van der Waals surface area contributed by atoms with Gasteiger partial charge in [-0.2, -0.15) is 0 Å². The van der Waals surface area contributed by atoms with E-state index >= 15 is 0 Å². The van der Waals surface area contributed by atoms with Crippen molar-refractivity contribution in [3.63, 3.8) is 0 Å². The molecule has 3 rings (SSSR count). The first-order valence-corrected chi connectivity index (χ1v) is 8.43. The van der Waals surface area contributed by atoms with Gasteiger partial charge in [-0.25, -0.2) is 4.79 Å². The van der Waals surface area contributed by atoms with Crippen molar-refractivity contribution in [2.75, 3.05) is 5.32 Å². The van der Waals surface area contributed by atoms with Gasteiger partial charge in [0, 0.05) is 29.6 Å². The van der Waals surface area contributed by atoms with Gasteiger partial charge in [0.2, 0.25) is 5.91 Å². The minimum absolute atomic E-state index is 0.234. The number of carbonyl (C=O) groups is 2. The number of hydrogen-bond acceptors (Lipinski definition) is 4. The van der Waals surface area contributed by atoms with Crippen LogP contribution in [0.25, 0.3) is 11.0 Å². The maximum Gasteiger partial charge on any atom is 0.336 e. The summed E-state index contributed by atoms with van der Waals surface area (Å²) in [5, 5.41) is 13.1. The van der Waals surface area contributed by atoms with Gasteiger partial charge in [0.15, 0.2) is 0 Å². The van der Waals surface area contributed by atoms with Gasteiger partial charge < -0.3 is 14.8 Å². The van der Waals surface area contributed by atoms with Crippen molar-refractivity contribution in [3.8, 4) is 0 Å². The van der Waals surface area contributed by atoms with Crippen LogP contribution in [0.2, 0.25) is 0 Å². The first-order valence-electron chi connectivity index (χ1n) is 8.43. The first kappa shape index (κ1) is 18.4. The second-order valence-electron chi connectivity index (χ2n) is 6.69. The topological polar surface area (TPSA) is 96.6 Å². The average molecular weight is 365 g/mol. The molecule has 0 saturated heterocycles. The molecule has 0 radical (unpaired) electrons. The Morgan fingerprint density at radius 2 is 1.81 bits per heavy atom. The van der Waals surface area contributed by atoms with Gasteiger partial charge in [-0.3, -0.25) is 9.59 Å². The molecule has 1 aromatic heterocycles. The van der Waals surface area contributed by atoms with Crippen LogP contribution in [0.5, 0.6) is 0 Å². The molecule has 0 fully saturated rings. The largest absolute Gasteiger partial charge is 0.481 e.